The van der Waals surface area contributed by atoms with Gasteiger partial charge in [-0.25, -0.2) is 0 Å². The van der Waals surface area contributed by atoms with E-state index in [9.17, 15) is 4.79 Å². The highest BCUT2D eigenvalue weighted by molar-refractivity contribution is 7.99. The van der Waals surface area contributed by atoms with Crippen molar-refractivity contribution in [3.8, 4) is 23.0 Å². The Morgan fingerprint density at radius 1 is 1.17 bits per heavy atom. The Morgan fingerprint density at radius 2 is 1.97 bits per heavy atom. The van der Waals surface area contributed by atoms with Crippen molar-refractivity contribution in [2.24, 2.45) is 0 Å². The smallest absolute Gasteiger partial charge is 0.277 e. The number of carbonyl (C=O) groups is 1. The van der Waals surface area contributed by atoms with E-state index in [1.807, 2.05) is 20.8 Å². The minimum absolute atomic E-state index is 0.0763. The number of hydrogen-bond acceptors (Lipinski definition) is 9. The average molecular weight is 418 g/mol. The van der Waals surface area contributed by atoms with Crippen molar-refractivity contribution < 1.29 is 23.2 Å². The van der Waals surface area contributed by atoms with Crippen molar-refractivity contribution in [1.29, 1.82) is 0 Å². The Morgan fingerprint density at radius 3 is 2.62 bits per heavy atom. The standard InChI is InChI=1S/C19H22N4O5S/c1-19(2,3)14-9-16(28-23-14)20-15(24)10-29-18-22-21-17(27-18)12-7-6-11(25-4)8-13(12)26-5/h6-9H,10H2,1-5H3,(H,20,24). The molecule has 1 N–H and O–H groups in total. The molecular weight excluding hydrogens is 396 g/mol. The van der Waals surface area contributed by atoms with Crippen molar-refractivity contribution >= 4 is 23.6 Å². The van der Waals surface area contributed by atoms with E-state index in [1.165, 1.54) is 0 Å². The van der Waals surface area contributed by atoms with Crippen LogP contribution < -0.4 is 14.8 Å². The Hall–Kier alpha value is -3.01. The molecule has 0 atom stereocenters. The Bertz CT molecular complexity index is 993. The number of methoxy groups -OCH3 is 2. The first-order chi connectivity index (χ1) is 13.8. The summed E-state index contributed by atoms with van der Waals surface area (Å²) in [4.78, 5) is 12.1. The quantitative estimate of drug-likeness (QED) is 0.573. The number of amides is 1. The molecule has 0 spiro atoms. The van der Waals surface area contributed by atoms with E-state index in [-0.39, 0.29) is 28.2 Å². The molecule has 2 aromatic heterocycles. The fourth-order valence-electron chi connectivity index (χ4n) is 2.34. The Kier molecular flexibility index (Phi) is 6.12. The largest absolute Gasteiger partial charge is 0.497 e. The minimum atomic E-state index is -0.270. The van der Waals surface area contributed by atoms with Crippen molar-refractivity contribution in [3.63, 3.8) is 0 Å². The van der Waals surface area contributed by atoms with Gasteiger partial charge in [0.05, 0.1) is 31.2 Å². The zero-order valence-electron chi connectivity index (χ0n) is 16.8. The molecule has 0 saturated carbocycles. The van der Waals surface area contributed by atoms with Gasteiger partial charge in [-0.2, -0.15) is 0 Å². The second-order valence-electron chi connectivity index (χ2n) is 7.10. The summed E-state index contributed by atoms with van der Waals surface area (Å²) in [6, 6.07) is 6.97. The van der Waals surface area contributed by atoms with Crippen molar-refractivity contribution in [1.82, 2.24) is 15.4 Å². The first kappa shape index (κ1) is 20.7. The molecule has 1 aromatic carbocycles. The van der Waals surface area contributed by atoms with E-state index in [4.69, 9.17) is 18.4 Å². The predicted octanol–water partition coefficient (Wildman–Crippen LogP) is 3.77. The fraction of sp³-hybridized carbons (Fsp3) is 0.368. The van der Waals surface area contributed by atoms with E-state index >= 15 is 0 Å². The summed E-state index contributed by atoms with van der Waals surface area (Å²) in [5.41, 5.74) is 1.23. The molecule has 154 valence electrons. The summed E-state index contributed by atoms with van der Waals surface area (Å²) >= 11 is 1.12. The molecule has 3 rings (SSSR count). The molecule has 0 radical (unpaired) electrons. The zero-order valence-corrected chi connectivity index (χ0v) is 17.6. The lowest BCUT2D eigenvalue weighted by Crippen LogP contribution is -2.14. The van der Waals surface area contributed by atoms with Crippen molar-refractivity contribution in [2.75, 3.05) is 25.3 Å². The van der Waals surface area contributed by atoms with Crippen LogP contribution in [0.1, 0.15) is 26.5 Å². The van der Waals surface area contributed by atoms with Gasteiger partial charge >= 0.3 is 0 Å². The first-order valence-electron chi connectivity index (χ1n) is 8.76. The molecule has 0 aliphatic rings. The summed E-state index contributed by atoms with van der Waals surface area (Å²) in [5, 5.41) is 14.9. The number of aromatic nitrogens is 3. The number of rotatable bonds is 7. The molecule has 1 amide bonds. The summed E-state index contributed by atoms with van der Waals surface area (Å²) in [6.45, 7) is 6.03. The summed E-state index contributed by atoms with van der Waals surface area (Å²) in [7, 11) is 3.12. The number of anilines is 1. The molecule has 0 unspecified atom stereocenters. The van der Waals surface area contributed by atoms with Gasteiger partial charge in [0.25, 0.3) is 11.1 Å². The molecule has 0 fully saturated rings. The number of hydrogen-bond donors (Lipinski definition) is 1. The van der Waals surface area contributed by atoms with E-state index < -0.39 is 0 Å². The molecule has 3 aromatic rings. The van der Waals surface area contributed by atoms with Gasteiger partial charge in [-0.1, -0.05) is 37.7 Å². The summed E-state index contributed by atoms with van der Waals surface area (Å²) < 4.78 is 21.3. The van der Waals surface area contributed by atoms with Crippen LogP contribution in [0.15, 0.2) is 38.4 Å². The first-order valence-corrected chi connectivity index (χ1v) is 9.74. The second-order valence-corrected chi connectivity index (χ2v) is 8.03. The van der Waals surface area contributed by atoms with Crippen LogP contribution in [0.3, 0.4) is 0 Å². The van der Waals surface area contributed by atoms with E-state index in [2.05, 4.69) is 20.7 Å². The maximum Gasteiger partial charge on any atom is 0.277 e. The van der Waals surface area contributed by atoms with Gasteiger partial charge in [-0.05, 0) is 12.1 Å². The van der Waals surface area contributed by atoms with Gasteiger partial charge in [-0.15, -0.1) is 10.2 Å². The molecule has 0 aliphatic heterocycles. The number of thioether (sulfide) groups is 1. The highest BCUT2D eigenvalue weighted by Gasteiger charge is 2.20. The van der Waals surface area contributed by atoms with E-state index in [0.717, 1.165) is 17.5 Å². The maximum absolute atomic E-state index is 12.1. The van der Waals surface area contributed by atoms with Crippen molar-refractivity contribution in [2.45, 2.75) is 31.4 Å². The number of benzene rings is 1. The lowest BCUT2D eigenvalue weighted by atomic mass is 9.92. The Balaban J connectivity index is 1.61. The third-order valence-electron chi connectivity index (χ3n) is 3.91. The van der Waals surface area contributed by atoms with Gasteiger partial charge < -0.3 is 18.4 Å². The SMILES string of the molecule is COc1ccc(-c2nnc(SCC(=O)Nc3cc(C(C)(C)C)no3)o2)c(OC)c1. The van der Waals surface area contributed by atoms with Crippen LogP contribution in [-0.4, -0.2) is 41.2 Å². The lowest BCUT2D eigenvalue weighted by Gasteiger charge is -2.12. The number of nitrogens with one attached hydrogen (secondary N) is 1. The number of ether oxygens (including phenoxy) is 2. The lowest BCUT2D eigenvalue weighted by molar-refractivity contribution is -0.113. The molecule has 0 bridgehead atoms. The van der Waals surface area contributed by atoms with Crippen LogP contribution in [0.2, 0.25) is 0 Å². The van der Waals surface area contributed by atoms with Crippen LogP contribution >= 0.6 is 11.8 Å². The Labute approximate surface area is 172 Å². The van der Waals surface area contributed by atoms with Crippen LogP contribution in [-0.2, 0) is 10.2 Å². The third kappa shape index (κ3) is 5.08. The highest BCUT2D eigenvalue weighted by atomic mass is 32.2. The summed E-state index contributed by atoms with van der Waals surface area (Å²) in [6.07, 6.45) is 0. The molecular formula is C19H22N4O5S. The monoisotopic (exact) mass is 418 g/mol. The van der Waals surface area contributed by atoms with Gasteiger partial charge in [0, 0.05) is 17.5 Å². The van der Waals surface area contributed by atoms with Gasteiger partial charge in [0.1, 0.15) is 11.5 Å². The highest BCUT2D eigenvalue weighted by Crippen LogP contribution is 2.33. The number of carbonyl (C=O) groups excluding carboxylic acids is 1. The van der Waals surface area contributed by atoms with Crippen molar-refractivity contribution in [3.05, 3.63) is 30.0 Å². The van der Waals surface area contributed by atoms with Crippen LogP contribution in [0, 0.1) is 0 Å². The molecule has 10 heteroatoms. The van der Waals surface area contributed by atoms with E-state index in [0.29, 0.717) is 22.9 Å². The molecule has 0 saturated heterocycles. The van der Waals surface area contributed by atoms with Gasteiger partial charge in [0.15, 0.2) is 0 Å². The average Bonchev–Trinajstić information content (AvgIpc) is 3.35. The third-order valence-corrected chi connectivity index (χ3v) is 4.73. The maximum atomic E-state index is 12.1. The molecule has 2 heterocycles. The van der Waals surface area contributed by atoms with Crippen LogP contribution in [0.5, 0.6) is 11.5 Å². The fourth-order valence-corrected chi connectivity index (χ4v) is 2.90. The normalized spacial score (nSPS) is 11.3. The van der Waals surface area contributed by atoms with Crippen LogP contribution in [0.25, 0.3) is 11.5 Å². The van der Waals surface area contributed by atoms with Crippen LogP contribution in [0.4, 0.5) is 5.88 Å². The molecule has 0 aliphatic carbocycles. The number of nitrogens with zero attached hydrogens (tertiary/aromatic N) is 3. The molecule has 9 nitrogen and oxygen atoms in total. The van der Waals surface area contributed by atoms with E-state index in [1.54, 1.807) is 38.5 Å². The predicted molar refractivity (Wildman–Crippen MR) is 107 cm³/mol. The summed E-state index contributed by atoms with van der Waals surface area (Å²) in [5.74, 6) is 1.59. The van der Waals surface area contributed by atoms with Gasteiger partial charge in [-0.3, -0.25) is 10.1 Å². The van der Waals surface area contributed by atoms with Gasteiger partial charge in [0.2, 0.25) is 11.8 Å². The topological polar surface area (TPSA) is 113 Å². The second kappa shape index (κ2) is 8.56. The molecule has 29 heavy (non-hydrogen) atoms. The minimum Gasteiger partial charge on any atom is -0.497 e. The zero-order chi connectivity index (χ0) is 21.0.